The summed E-state index contributed by atoms with van der Waals surface area (Å²) in [5.41, 5.74) is 12.4. The monoisotopic (exact) mass is 382 g/mol. The van der Waals surface area contributed by atoms with Crippen LogP contribution in [0.25, 0.3) is 5.57 Å². The number of aliphatic imine (C=N–C) groups is 1. The molecule has 1 aliphatic rings. The lowest BCUT2D eigenvalue weighted by Crippen LogP contribution is -2.20. The maximum atomic E-state index is 11.2. The number of nitrogens with zero attached hydrogens (tertiary/aromatic N) is 1. The molecular formula is C21H19ClN2OS. The molecule has 1 heterocycles. The van der Waals surface area contributed by atoms with Crippen molar-refractivity contribution in [2.24, 2.45) is 10.7 Å². The van der Waals surface area contributed by atoms with Gasteiger partial charge in [0.2, 0.25) is 0 Å². The molecule has 1 aliphatic heterocycles. The summed E-state index contributed by atoms with van der Waals surface area (Å²) in [5.74, 6) is 0. The van der Waals surface area contributed by atoms with Gasteiger partial charge in [0.15, 0.2) is 0 Å². The number of thiocarbonyl (C=S) groups is 1. The first-order valence-corrected chi connectivity index (χ1v) is 9.11. The first kappa shape index (κ1) is 18.5. The predicted octanol–water partition coefficient (Wildman–Crippen LogP) is 4.52. The van der Waals surface area contributed by atoms with E-state index in [-0.39, 0.29) is 6.42 Å². The van der Waals surface area contributed by atoms with Crippen molar-refractivity contribution in [2.75, 3.05) is 0 Å². The Morgan fingerprint density at radius 2 is 1.96 bits per heavy atom. The fourth-order valence-electron chi connectivity index (χ4n) is 3.25. The molecule has 3 nitrogen and oxygen atoms in total. The Morgan fingerprint density at radius 1 is 1.27 bits per heavy atom. The van der Waals surface area contributed by atoms with Crippen LogP contribution >= 0.6 is 23.8 Å². The highest BCUT2D eigenvalue weighted by Crippen LogP contribution is 2.33. The van der Waals surface area contributed by atoms with Crippen molar-refractivity contribution in [3.63, 3.8) is 0 Å². The lowest BCUT2D eigenvalue weighted by molar-refractivity contribution is -0.107. The van der Waals surface area contributed by atoms with Gasteiger partial charge in [0.1, 0.15) is 6.29 Å². The van der Waals surface area contributed by atoms with Crippen molar-refractivity contribution in [2.45, 2.75) is 26.3 Å². The molecular weight excluding hydrogens is 364 g/mol. The highest BCUT2D eigenvalue weighted by molar-refractivity contribution is 7.81. The lowest BCUT2D eigenvalue weighted by Gasteiger charge is -2.16. The molecule has 132 valence electrons. The van der Waals surface area contributed by atoms with Gasteiger partial charge in [-0.05, 0) is 37.1 Å². The standard InChI is InChI=1S/C21H19ClN2OS/c1-12-4-3-5-16-18(12)20(14-6-8-15(22)9-7-14)24-17(10-11-25)21(26)19(16)13(2)23/h3-9,11,17H,10,23H2,1-2H3/b19-13-/t17-/m0/s1. The van der Waals surface area contributed by atoms with E-state index in [4.69, 9.17) is 34.5 Å². The van der Waals surface area contributed by atoms with Gasteiger partial charge < -0.3 is 10.5 Å². The molecule has 0 fully saturated rings. The maximum Gasteiger partial charge on any atom is 0.122 e. The van der Waals surface area contributed by atoms with E-state index in [1.165, 1.54) is 0 Å². The van der Waals surface area contributed by atoms with E-state index in [2.05, 4.69) is 0 Å². The lowest BCUT2D eigenvalue weighted by atomic mass is 9.88. The zero-order valence-electron chi connectivity index (χ0n) is 14.6. The molecule has 0 aliphatic carbocycles. The second kappa shape index (κ2) is 7.52. The highest BCUT2D eigenvalue weighted by atomic mass is 35.5. The van der Waals surface area contributed by atoms with E-state index in [9.17, 15) is 4.79 Å². The molecule has 3 rings (SSSR count). The van der Waals surface area contributed by atoms with Crippen LogP contribution in [0.3, 0.4) is 0 Å². The number of hydrogen-bond donors (Lipinski definition) is 1. The van der Waals surface area contributed by atoms with Gasteiger partial charge >= 0.3 is 0 Å². The summed E-state index contributed by atoms with van der Waals surface area (Å²) < 4.78 is 0. The van der Waals surface area contributed by atoms with Crippen LogP contribution in [-0.4, -0.2) is 22.9 Å². The number of fused-ring (bicyclic) bond motifs is 1. The average Bonchev–Trinajstić information content (AvgIpc) is 2.72. The SMILES string of the molecule is C/C(N)=C1/C(=S)[C@H](CC=O)N=C(c2ccc(Cl)cc2)c2c(C)cccc21. The molecule has 0 aromatic heterocycles. The Hall–Kier alpha value is -2.30. The van der Waals surface area contributed by atoms with Crippen LogP contribution in [0.15, 0.2) is 53.2 Å². The van der Waals surface area contributed by atoms with Gasteiger partial charge in [-0.2, -0.15) is 0 Å². The largest absolute Gasteiger partial charge is 0.402 e. The minimum Gasteiger partial charge on any atom is -0.402 e. The van der Waals surface area contributed by atoms with E-state index in [0.29, 0.717) is 15.6 Å². The molecule has 0 amide bonds. The van der Waals surface area contributed by atoms with E-state index in [0.717, 1.165) is 39.8 Å². The number of halogens is 1. The first-order valence-electron chi connectivity index (χ1n) is 8.32. The molecule has 0 bridgehead atoms. The number of allylic oxidation sites excluding steroid dienone is 1. The summed E-state index contributed by atoms with van der Waals surface area (Å²) in [4.78, 5) is 16.7. The summed E-state index contributed by atoms with van der Waals surface area (Å²) in [6.45, 7) is 3.87. The van der Waals surface area contributed by atoms with Crippen molar-refractivity contribution >= 4 is 46.3 Å². The summed E-state index contributed by atoms with van der Waals surface area (Å²) in [7, 11) is 0. The smallest absolute Gasteiger partial charge is 0.122 e. The highest BCUT2D eigenvalue weighted by Gasteiger charge is 2.29. The molecule has 0 saturated carbocycles. The van der Waals surface area contributed by atoms with Crippen molar-refractivity contribution in [3.8, 4) is 0 Å². The third-order valence-electron chi connectivity index (χ3n) is 4.44. The van der Waals surface area contributed by atoms with Crippen LogP contribution in [0.2, 0.25) is 5.02 Å². The first-order chi connectivity index (χ1) is 12.4. The van der Waals surface area contributed by atoms with E-state index in [1.807, 2.05) is 56.3 Å². The Morgan fingerprint density at radius 3 is 2.58 bits per heavy atom. The topological polar surface area (TPSA) is 55.5 Å². The van der Waals surface area contributed by atoms with E-state index >= 15 is 0 Å². The van der Waals surface area contributed by atoms with Gasteiger partial charge in [0.05, 0.1) is 11.8 Å². The van der Waals surface area contributed by atoms with Crippen LogP contribution in [0.4, 0.5) is 0 Å². The number of aldehydes is 1. The number of carbonyl (C=O) groups excluding carboxylic acids is 1. The van der Waals surface area contributed by atoms with Crippen LogP contribution < -0.4 is 5.73 Å². The Bertz CT molecular complexity index is 941. The van der Waals surface area contributed by atoms with Gasteiger partial charge in [-0.25, -0.2) is 0 Å². The number of rotatable bonds is 3. The van der Waals surface area contributed by atoms with Crippen LogP contribution in [-0.2, 0) is 4.79 Å². The maximum absolute atomic E-state index is 11.2. The molecule has 2 aromatic rings. The zero-order valence-corrected chi connectivity index (χ0v) is 16.2. The Labute approximate surface area is 163 Å². The molecule has 2 aromatic carbocycles. The van der Waals surface area contributed by atoms with Crippen LogP contribution in [0, 0.1) is 6.92 Å². The third-order valence-corrected chi connectivity index (χ3v) is 5.17. The van der Waals surface area contributed by atoms with Crippen molar-refractivity contribution in [3.05, 3.63) is 75.4 Å². The normalized spacial score (nSPS) is 18.7. The number of benzene rings is 2. The van der Waals surface area contributed by atoms with Crippen molar-refractivity contribution in [1.29, 1.82) is 0 Å². The van der Waals surface area contributed by atoms with Gasteiger partial charge in [-0.15, -0.1) is 0 Å². The minimum atomic E-state index is -0.423. The van der Waals surface area contributed by atoms with Gasteiger partial charge in [0, 0.05) is 38.7 Å². The van der Waals surface area contributed by atoms with Gasteiger partial charge in [-0.3, -0.25) is 4.99 Å². The summed E-state index contributed by atoms with van der Waals surface area (Å²) in [5, 5.41) is 0.659. The van der Waals surface area contributed by atoms with Crippen LogP contribution in [0.1, 0.15) is 35.6 Å². The van der Waals surface area contributed by atoms with Gasteiger partial charge in [-0.1, -0.05) is 54.2 Å². The van der Waals surface area contributed by atoms with E-state index in [1.54, 1.807) is 0 Å². The van der Waals surface area contributed by atoms with Crippen molar-refractivity contribution < 1.29 is 4.79 Å². The second-order valence-electron chi connectivity index (χ2n) is 6.32. The molecule has 26 heavy (non-hydrogen) atoms. The summed E-state index contributed by atoms with van der Waals surface area (Å²) in [6, 6.07) is 13.1. The van der Waals surface area contributed by atoms with Gasteiger partial charge in [0.25, 0.3) is 0 Å². The van der Waals surface area contributed by atoms with Crippen molar-refractivity contribution in [1.82, 2.24) is 0 Å². The number of aryl methyl sites for hydroxylation is 1. The predicted molar refractivity (Wildman–Crippen MR) is 112 cm³/mol. The summed E-state index contributed by atoms with van der Waals surface area (Å²) in [6.07, 6.45) is 1.08. The molecule has 0 spiro atoms. The summed E-state index contributed by atoms with van der Waals surface area (Å²) >= 11 is 11.7. The number of nitrogens with two attached hydrogens (primary N) is 1. The quantitative estimate of drug-likeness (QED) is 0.482. The fraction of sp³-hybridized carbons (Fsp3) is 0.190. The number of hydrogen-bond acceptors (Lipinski definition) is 4. The second-order valence-corrected chi connectivity index (χ2v) is 7.20. The molecule has 0 unspecified atom stereocenters. The molecule has 2 N–H and O–H groups in total. The molecule has 5 heteroatoms. The Kier molecular flexibility index (Phi) is 5.35. The average molecular weight is 383 g/mol. The minimum absolute atomic E-state index is 0.222. The molecule has 1 atom stereocenters. The van der Waals surface area contributed by atoms with Crippen LogP contribution in [0.5, 0.6) is 0 Å². The van der Waals surface area contributed by atoms with E-state index < -0.39 is 6.04 Å². The third kappa shape index (κ3) is 3.35. The molecule has 0 radical (unpaired) electrons. The number of carbonyl (C=O) groups is 1. The zero-order chi connectivity index (χ0) is 18.8. The molecule has 0 saturated heterocycles. The fourth-order valence-corrected chi connectivity index (χ4v) is 3.80. The Balaban J connectivity index is 2.36.